The van der Waals surface area contributed by atoms with E-state index in [4.69, 9.17) is 4.42 Å². The summed E-state index contributed by atoms with van der Waals surface area (Å²) in [5.74, 6) is -2.29. The third-order valence-corrected chi connectivity index (χ3v) is 3.01. The van der Waals surface area contributed by atoms with Crippen LogP contribution in [-0.4, -0.2) is 16.9 Å². The number of amides is 1. The van der Waals surface area contributed by atoms with Crippen molar-refractivity contribution >= 4 is 17.3 Å². The van der Waals surface area contributed by atoms with Gasteiger partial charge in [-0.15, -0.1) is 0 Å². The zero-order valence-corrected chi connectivity index (χ0v) is 12.0. The number of carbonyl (C=O) groups excluding carboxylic acids is 1. The average Bonchev–Trinajstić information content (AvgIpc) is 3.01. The summed E-state index contributed by atoms with van der Waals surface area (Å²) in [6, 6.07) is 3.52. The SMILES string of the molecule is C[C@H](Nc1c(F)cc([N+](=O)[O-])cc1F)C(=O)NCc1ccco1. The highest BCUT2D eigenvalue weighted by Crippen LogP contribution is 2.25. The summed E-state index contributed by atoms with van der Waals surface area (Å²) in [5.41, 5.74) is -1.31. The van der Waals surface area contributed by atoms with E-state index in [1.165, 1.54) is 13.2 Å². The normalized spacial score (nSPS) is 11.8. The summed E-state index contributed by atoms with van der Waals surface area (Å²) < 4.78 is 32.5. The second-order valence-corrected chi connectivity index (χ2v) is 4.70. The third-order valence-electron chi connectivity index (χ3n) is 3.01. The maximum atomic E-state index is 13.8. The van der Waals surface area contributed by atoms with Gasteiger partial charge in [-0.05, 0) is 19.1 Å². The lowest BCUT2D eigenvalue weighted by molar-refractivity contribution is -0.385. The van der Waals surface area contributed by atoms with Crippen LogP contribution in [0.5, 0.6) is 0 Å². The number of non-ortho nitro benzene ring substituents is 1. The summed E-state index contributed by atoms with van der Waals surface area (Å²) in [5, 5.41) is 15.4. The summed E-state index contributed by atoms with van der Waals surface area (Å²) in [6.07, 6.45) is 1.45. The Balaban J connectivity index is 2.03. The van der Waals surface area contributed by atoms with Crippen molar-refractivity contribution in [1.29, 1.82) is 0 Å². The first-order valence-corrected chi connectivity index (χ1v) is 6.58. The fraction of sp³-hybridized carbons (Fsp3) is 0.214. The molecule has 1 amide bonds. The van der Waals surface area contributed by atoms with Gasteiger partial charge in [-0.2, -0.15) is 0 Å². The van der Waals surface area contributed by atoms with Crippen LogP contribution in [0.2, 0.25) is 0 Å². The molecule has 2 aromatic rings. The minimum atomic E-state index is -1.15. The number of halogens is 2. The van der Waals surface area contributed by atoms with E-state index in [-0.39, 0.29) is 6.54 Å². The van der Waals surface area contributed by atoms with Crippen molar-refractivity contribution in [2.75, 3.05) is 5.32 Å². The molecular formula is C14H13F2N3O4. The number of hydrogen-bond acceptors (Lipinski definition) is 5. The maximum absolute atomic E-state index is 13.8. The minimum absolute atomic E-state index is 0.128. The van der Waals surface area contributed by atoms with Gasteiger partial charge in [-0.3, -0.25) is 14.9 Å². The number of nitrogens with zero attached hydrogens (tertiary/aromatic N) is 1. The smallest absolute Gasteiger partial charge is 0.275 e. The van der Waals surface area contributed by atoms with Gasteiger partial charge in [0.1, 0.15) is 17.5 Å². The van der Waals surface area contributed by atoms with Gasteiger partial charge in [-0.1, -0.05) is 0 Å². The molecule has 7 nitrogen and oxygen atoms in total. The Morgan fingerprint density at radius 1 is 1.39 bits per heavy atom. The van der Waals surface area contributed by atoms with Crippen LogP contribution in [0.15, 0.2) is 34.9 Å². The number of carbonyl (C=O) groups is 1. The van der Waals surface area contributed by atoms with Gasteiger partial charge in [0, 0.05) is 0 Å². The molecule has 23 heavy (non-hydrogen) atoms. The molecule has 0 fully saturated rings. The fourth-order valence-corrected chi connectivity index (χ4v) is 1.83. The molecule has 1 heterocycles. The number of nitro benzene ring substituents is 1. The number of anilines is 1. The second-order valence-electron chi connectivity index (χ2n) is 4.70. The van der Waals surface area contributed by atoms with Gasteiger partial charge >= 0.3 is 0 Å². The Hall–Kier alpha value is -2.97. The Bertz CT molecular complexity index is 696. The molecule has 0 unspecified atom stereocenters. The summed E-state index contributed by atoms with van der Waals surface area (Å²) in [4.78, 5) is 21.5. The highest BCUT2D eigenvalue weighted by atomic mass is 19.1. The molecule has 0 aliphatic heterocycles. The first kappa shape index (κ1) is 16.4. The van der Waals surface area contributed by atoms with E-state index in [2.05, 4.69) is 10.6 Å². The lowest BCUT2D eigenvalue weighted by atomic mass is 10.2. The minimum Gasteiger partial charge on any atom is -0.467 e. The van der Waals surface area contributed by atoms with Gasteiger partial charge in [0.2, 0.25) is 5.91 Å². The quantitative estimate of drug-likeness (QED) is 0.628. The fourth-order valence-electron chi connectivity index (χ4n) is 1.83. The molecule has 0 saturated carbocycles. The van der Waals surface area contributed by atoms with E-state index in [1.54, 1.807) is 12.1 Å². The van der Waals surface area contributed by atoms with Gasteiger partial charge in [0.15, 0.2) is 11.6 Å². The molecule has 1 aromatic heterocycles. The van der Waals surface area contributed by atoms with E-state index in [0.717, 1.165) is 0 Å². The zero-order valence-electron chi connectivity index (χ0n) is 12.0. The predicted molar refractivity (Wildman–Crippen MR) is 76.7 cm³/mol. The van der Waals surface area contributed by atoms with Crippen molar-refractivity contribution in [3.8, 4) is 0 Å². The third kappa shape index (κ3) is 4.02. The Morgan fingerprint density at radius 3 is 2.57 bits per heavy atom. The highest BCUT2D eigenvalue weighted by molar-refractivity contribution is 5.84. The van der Waals surface area contributed by atoms with Crippen molar-refractivity contribution in [2.24, 2.45) is 0 Å². The first-order chi connectivity index (χ1) is 10.9. The molecule has 0 aliphatic rings. The average molecular weight is 325 g/mol. The van der Waals surface area contributed by atoms with Crippen LogP contribution < -0.4 is 10.6 Å². The van der Waals surface area contributed by atoms with Crippen molar-refractivity contribution in [2.45, 2.75) is 19.5 Å². The molecule has 0 aliphatic carbocycles. The van der Waals surface area contributed by atoms with Crippen molar-refractivity contribution in [1.82, 2.24) is 5.32 Å². The van der Waals surface area contributed by atoms with Crippen molar-refractivity contribution in [3.63, 3.8) is 0 Å². The Morgan fingerprint density at radius 2 is 2.04 bits per heavy atom. The van der Waals surface area contributed by atoms with Crippen molar-refractivity contribution < 1.29 is 22.9 Å². The van der Waals surface area contributed by atoms with E-state index < -0.39 is 39.9 Å². The number of nitrogens with one attached hydrogen (secondary N) is 2. The lowest BCUT2D eigenvalue weighted by Gasteiger charge is -2.15. The number of furan rings is 1. The van der Waals surface area contributed by atoms with Crippen LogP contribution in [0.25, 0.3) is 0 Å². The zero-order chi connectivity index (χ0) is 17.0. The largest absolute Gasteiger partial charge is 0.467 e. The lowest BCUT2D eigenvalue weighted by Crippen LogP contribution is -2.37. The molecule has 0 saturated heterocycles. The monoisotopic (exact) mass is 325 g/mol. The van der Waals surface area contributed by atoms with Crippen LogP contribution in [0.3, 0.4) is 0 Å². The molecule has 0 radical (unpaired) electrons. The number of rotatable bonds is 6. The molecule has 0 bridgehead atoms. The van der Waals surface area contributed by atoms with Crippen LogP contribution in [0, 0.1) is 21.7 Å². The van der Waals surface area contributed by atoms with E-state index in [9.17, 15) is 23.7 Å². The standard InChI is InChI=1S/C14H13F2N3O4/c1-8(14(20)17-7-10-3-2-4-23-10)18-13-11(15)5-9(19(21)22)6-12(13)16/h2-6,8,18H,7H2,1H3,(H,17,20)/t8-/m0/s1. The molecule has 2 rings (SSSR count). The van der Waals surface area contributed by atoms with Gasteiger partial charge in [0.05, 0.1) is 29.9 Å². The Labute approximate surface area is 129 Å². The van der Waals surface area contributed by atoms with Gasteiger partial charge < -0.3 is 15.1 Å². The number of nitro groups is 1. The maximum Gasteiger partial charge on any atom is 0.275 e. The number of benzene rings is 1. The van der Waals surface area contributed by atoms with E-state index >= 15 is 0 Å². The Kier molecular flexibility index (Phi) is 4.89. The van der Waals surface area contributed by atoms with E-state index in [0.29, 0.717) is 17.9 Å². The van der Waals surface area contributed by atoms with Crippen LogP contribution >= 0.6 is 0 Å². The van der Waals surface area contributed by atoms with E-state index in [1.807, 2.05) is 0 Å². The highest BCUT2D eigenvalue weighted by Gasteiger charge is 2.21. The second kappa shape index (κ2) is 6.86. The predicted octanol–water partition coefficient (Wildman–Crippen LogP) is 2.58. The topological polar surface area (TPSA) is 97.4 Å². The molecule has 2 N–H and O–H groups in total. The van der Waals surface area contributed by atoms with Gasteiger partial charge in [-0.25, -0.2) is 8.78 Å². The van der Waals surface area contributed by atoms with Crippen LogP contribution in [0.1, 0.15) is 12.7 Å². The molecule has 9 heteroatoms. The van der Waals surface area contributed by atoms with Crippen LogP contribution in [0.4, 0.5) is 20.2 Å². The molecule has 1 aromatic carbocycles. The van der Waals surface area contributed by atoms with Crippen LogP contribution in [-0.2, 0) is 11.3 Å². The molecular weight excluding hydrogens is 312 g/mol. The molecule has 1 atom stereocenters. The summed E-state index contributed by atoms with van der Waals surface area (Å²) >= 11 is 0. The van der Waals surface area contributed by atoms with Gasteiger partial charge in [0.25, 0.3) is 5.69 Å². The first-order valence-electron chi connectivity index (χ1n) is 6.58. The summed E-state index contributed by atoms with van der Waals surface area (Å²) in [6.45, 7) is 1.53. The molecule has 122 valence electrons. The summed E-state index contributed by atoms with van der Waals surface area (Å²) in [7, 11) is 0. The van der Waals surface area contributed by atoms with Crippen molar-refractivity contribution in [3.05, 3.63) is 58.0 Å². The number of hydrogen-bond donors (Lipinski definition) is 2. The molecule has 0 spiro atoms.